The second-order valence-electron chi connectivity index (χ2n) is 1.61. The van der Waals surface area contributed by atoms with Crippen LogP contribution < -0.4 is 0 Å². The van der Waals surface area contributed by atoms with Crippen LogP contribution in [0, 0.1) is 0 Å². The zero-order valence-electron chi connectivity index (χ0n) is 6.42. The van der Waals surface area contributed by atoms with E-state index in [1.807, 2.05) is 0 Å². The lowest BCUT2D eigenvalue weighted by Gasteiger charge is -2.27. The smallest absolute Gasteiger partial charge is 0.305 e. The Hall–Kier alpha value is -0.0951. The zero-order chi connectivity index (χ0) is 8.04. The maximum atomic E-state index is 4.83. The Kier molecular flexibility index (Phi) is 4.63. The number of rotatable bonds is 5. The van der Waals surface area contributed by atoms with Gasteiger partial charge in [-0.25, -0.2) is 0 Å². The molecule has 0 amide bonds. The van der Waals surface area contributed by atoms with Crippen LogP contribution >= 0.6 is 0 Å². The summed E-state index contributed by atoms with van der Waals surface area (Å²) >= 11 is 0. The second-order valence-corrected chi connectivity index (χ2v) is 1.61. The fraction of sp³-hybridized carbons (Fsp3) is 1.00. The standard InChI is InChI=1S/C5H11BO4/c1-7-5(8-2,9-3)4-10-6/h4H2,1-3H3. The topological polar surface area (TPSA) is 36.9 Å². The number of methoxy groups -OCH3 is 3. The van der Waals surface area contributed by atoms with E-state index in [0.29, 0.717) is 0 Å². The predicted octanol–water partition coefficient (Wildman–Crippen LogP) is -0.321. The van der Waals surface area contributed by atoms with Crippen LogP contribution in [-0.2, 0) is 18.9 Å². The highest BCUT2D eigenvalue weighted by Crippen LogP contribution is 2.10. The van der Waals surface area contributed by atoms with Crippen molar-refractivity contribution in [3.63, 3.8) is 0 Å². The quantitative estimate of drug-likeness (QED) is 0.393. The summed E-state index contributed by atoms with van der Waals surface area (Å²) in [5, 5.41) is 0. The molecule has 0 aromatic carbocycles. The average molecular weight is 146 g/mol. The molecule has 0 atom stereocenters. The van der Waals surface area contributed by atoms with E-state index in [1.54, 1.807) is 0 Å². The first kappa shape index (κ1) is 9.90. The molecule has 0 bridgehead atoms. The van der Waals surface area contributed by atoms with Gasteiger partial charge in [-0.3, -0.25) is 0 Å². The summed E-state index contributed by atoms with van der Waals surface area (Å²) in [5.74, 6) is -1.17. The highest BCUT2D eigenvalue weighted by Gasteiger charge is 2.28. The Morgan fingerprint density at radius 3 is 1.60 bits per heavy atom. The molecule has 58 valence electrons. The van der Waals surface area contributed by atoms with Crippen molar-refractivity contribution in [1.82, 2.24) is 0 Å². The van der Waals surface area contributed by atoms with E-state index >= 15 is 0 Å². The van der Waals surface area contributed by atoms with Gasteiger partial charge in [-0.2, -0.15) is 0 Å². The molecule has 10 heavy (non-hydrogen) atoms. The van der Waals surface area contributed by atoms with Gasteiger partial charge >= 0.3 is 5.97 Å². The van der Waals surface area contributed by atoms with Crippen molar-refractivity contribution in [3.05, 3.63) is 0 Å². The summed E-state index contributed by atoms with van der Waals surface area (Å²) < 4.78 is 18.8. The van der Waals surface area contributed by atoms with Gasteiger partial charge in [0.25, 0.3) is 8.05 Å². The molecule has 0 N–H and O–H groups in total. The molecule has 0 aromatic rings. The van der Waals surface area contributed by atoms with E-state index in [1.165, 1.54) is 21.3 Å². The highest BCUT2D eigenvalue weighted by atomic mass is 16.9. The summed E-state index contributed by atoms with van der Waals surface area (Å²) in [6.45, 7) is 0.0243. The third-order valence-electron chi connectivity index (χ3n) is 1.19. The molecule has 5 heteroatoms. The van der Waals surface area contributed by atoms with Crippen LogP contribution in [0.1, 0.15) is 0 Å². The minimum absolute atomic E-state index is 0.0243. The van der Waals surface area contributed by atoms with Crippen LogP contribution in [0.3, 0.4) is 0 Å². The van der Waals surface area contributed by atoms with Gasteiger partial charge in [0.15, 0.2) is 0 Å². The Labute approximate surface area is 61.8 Å². The minimum atomic E-state index is -1.17. The van der Waals surface area contributed by atoms with E-state index in [4.69, 9.17) is 22.3 Å². The molecule has 2 radical (unpaired) electrons. The van der Waals surface area contributed by atoms with Gasteiger partial charge < -0.3 is 18.9 Å². The van der Waals surface area contributed by atoms with Gasteiger partial charge in [-0.1, -0.05) is 0 Å². The van der Waals surface area contributed by atoms with Crippen molar-refractivity contribution < 1.29 is 18.9 Å². The lowest BCUT2D eigenvalue weighted by Crippen LogP contribution is -2.40. The highest BCUT2D eigenvalue weighted by molar-refractivity contribution is 5.97. The molecule has 0 fully saturated rings. The van der Waals surface area contributed by atoms with Gasteiger partial charge in [0.2, 0.25) is 0 Å². The predicted molar refractivity (Wildman–Crippen MR) is 35.5 cm³/mol. The van der Waals surface area contributed by atoms with E-state index in [9.17, 15) is 0 Å². The molecule has 0 saturated heterocycles. The van der Waals surface area contributed by atoms with Gasteiger partial charge in [0.05, 0.1) is 0 Å². The van der Waals surface area contributed by atoms with Crippen LogP contribution in [0.4, 0.5) is 0 Å². The molecule has 0 aliphatic carbocycles. The fourth-order valence-electron chi connectivity index (χ4n) is 0.529. The van der Waals surface area contributed by atoms with E-state index in [0.717, 1.165) is 0 Å². The Morgan fingerprint density at radius 2 is 1.50 bits per heavy atom. The first-order valence-corrected chi connectivity index (χ1v) is 2.72. The first-order chi connectivity index (χ1) is 4.74. The SMILES string of the molecule is [B]OCC(OC)(OC)OC. The van der Waals surface area contributed by atoms with Crippen LogP contribution in [-0.4, -0.2) is 42.0 Å². The van der Waals surface area contributed by atoms with Crippen molar-refractivity contribution in [2.75, 3.05) is 27.9 Å². The summed E-state index contributed by atoms with van der Waals surface area (Å²) in [6.07, 6.45) is 0. The lowest BCUT2D eigenvalue weighted by molar-refractivity contribution is -0.361. The summed E-state index contributed by atoms with van der Waals surface area (Å²) in [6, 6.07) is 0. The molecule has 0 rings (SSSR count). The Balaban J connectivity index is 3.87. The van der Waals surface area contributed by atoms with Gasteiger partial charge in [-0.15, -0.1) is 0 Å². The molecule has 0 aliphatic heterocycles. The average Bonchev–Trinajstić information content (AvgIpc) is 2.01. The van der Waals surface area contributed by atoms with Crippen LogP contribution in [0.15, 0.2) is 0 Å². The number of ether oxygens (including phenoxy) is 3. The van der Waals surface area contributed by atoms with Crippen LogP contribution in [0.25, 0.3) is 0 Å². The number of hydrogen-bond donors (Lipinski definition) is 0. The Morgan fingerprint density at radius 1 is 1.10 bits per heavy atom. The summed E-state index contributed by atoms with van der Waals surface area (Å²) in [5.41, 5.74) is 0. The molecule has 0 aromatic heterocycles. The molecule has 0 saturated carbocycles. The van der Waals surface area contributed by atoms with E-state index < -0.39 is 5.97 Å². The van der Waals surface area contributed by atoms with Gasteiger partial charge in [0, 0.05) is 21.3 Å². The monoisotopic (exact) mass is 146 g/mol. The first-order valence-electron chi connectivity index (χ1n) is 2.72. The molecular formula is C5H11BO4. The molecular weight excluding hydrogens is 135 g/mol. The normalized spacial score (nSPS) is 11.9. The van der Waals surface area contributed by atoms with Crippen molar-refractivity contribution in [1.29, 1.82) is 0 Å². The van der Waals surface area contributed by atoms with Crippen LogP contribution in [0.5, 0.6) is 0 Å². The largest absolute Gasteiger partial charge is 0.440 e. The van der Waals surface area contributed by atoms with Crippen molar-refractivity contribution >= 4 is 8.05 Å². The minimum Gasteiger partial charge on any atom is -0.440 e. The maximum absolute atomic E-state index is 4.83. The summed E-state index contributed by atoms with van der Waals surface area (Å²) in [4.78, 5) is 0. The third kappa shape index (κ3) is 2.26. The number of hydrogen-bond acceptors (Lipinski definition) is 4. The van der Waals surface area contributed by atoms with Crippen molar-refractivity contribution in [2.24, 2.45) is 0 Å². The summed E-state index contributed by atoms with van der Waals surface area (Å²) in [7, 11) is 9.11. The Bertz CT molecular complexity index is 75.5. The lowest BCUT2D eigenvalue weighted by atomic mass is 10.5. The molecule has 0 aliphatic rings. The molecule has 0 heterocycles. The molecule has 0 unspecified atom stereocenters. The van der Waals surface area contributed by atoms with Crippen LogP contribution in [0.2, 0.25) is 0 Å². The van der Waals surface area contributed by atoms with Gasteiger partial charge in [0.1, 0.15) is 6.61 Å². The third-order valence-corrected chi connectivity index (χ3v) is 1.19. The zero-order valence-corrected chi connectivity index (χ0v) is 6.42. The second kappa shape index (κ2) is 4.68. The van der Waals surface area contributed by atoms with Crippen molar-refractivity contribution in [2.45, 2.75) is 5.97 Å². The maximum Gasteiger partial charge on any atom is 0.305 e. The van der Waals surface area contributed by atoms with Gasteiger partial charge in [-0.05, 0) is 0 Å². The fourth-order valence-corrected chi connectivity index (χ4v) is 0.529. The van der Waals surface area contributed by atoms with E-state index in [2.05, 4.69) is 4.65 Å². The molecule has 4 nitrogen and oxygen atoms in total. The van der Waals surface area contributed by atoms with E-state index in [-0.39, 0.29) is 6.61 Å². The van der Waals surface area contributed by atoms with Crippen molar-refractivity contribution in [3.8, 4) is 0 Å². The molecule has 0 spiro atoms.